The van der Waals surface area contributed by atoms with Crippen LogP contribution < -0.4 is 5.32 Å². The molecule has 1 rings (SSSR count). The number of hydrogen-bond acceptors (Lipinski definition) is 3. The van der Waals surface area contributed by atoms with Crippen molar-refractivity contribution >= 4 is 34.9 Å². The van der Waals surface area contributed by atoms with E-state index < -0.39 is 0 Å². The molecule has 1 aromatic carbocycles. The van der Waals surface area contributed by atoms with Gasteiger partial charge in [0.25, 0.3) is 0 Å². The van der Waals surface area contributed by atoms with Gasteiger partial charge in [-0.2, -0.15) is 0 Å². The second kappa shape index (κ2) is 8.22. The first-order valence-electron chi connectivity index (χ1n) is 5.69. The number of anilines is 1. The van der Waals surface area contributed by atoms with Crippen LogP contribution in [0.1, 0.15) is 0 Å². The quantitative estimate of drug-likeness (QED) is 0.848. The summed E-state index contributed by atoms with van der Waals surface area (Å²) >= 11 is 11.7. The van der Waals surface area contributed by atoms with Crippen LogP contribution in [0.15, 0.2) is 18.2 Å². The molecule has 0 aliphatic heterocycles. The Morgan fingerprint density at radius 3 is 2.68 bits per heavy atom. The largest absolute Gasteiger partial charge is 0.395 e. The van der Waals surface area contributed by atoms with Gasteiger partial charge in [0.05, 0.1) is 23.3 Å². The Labute approximate surface area is 122 Å². The second-order valence-electron chi connectivity index (χ2n) is 3.76. The molecular weight excluding hydrogens is 291 g/mol. The van der Waals surface area contributed by atoms with E-state index in [0.717, 1.165) is 0 Å². The van der Waals surface area contributed by atoms with Crippen LogP contribution >= 0.6 is 23.2 Å². The fourth-order valence-corrected chi connectivity index (χ4v) is 1.71. The van der Waals surface area contributed by atoms with E-state index >= 15 is 0 Å². The number of methoxy groups -OCH3 is 1. The topological polar surface area (TPSA) is 61.8 Å². The van der Waals surface area contributed by atoms with Gasteiger partial charge in [-0.25, -0.2) is 4.79 Å². The molecule has 0 spiro atoms. The van der Waals surface area contributed by atoms with Crippen molar-refractivity contribution in [2.24, 2.45) is 0 Å². The zero-order valence-corrected chi connectivity index (χ0v) is 12.0. The summed E-state index contributed by atoms with van der Waals surface area (Å²) < 4.78 is 4.91. The summed E-state index contributed by atoms with van der Waals surface area (Å²) in [5.74, 6) is 0. The molecule has 0 heterocycles. The van der Waals surface area contributed by atoms with Gasteiger partial charge >= 0.3 is 6.03 Å². The van der Waals surface area contributed by atoms with Gasteiger partial charge in [0.1, 0.15) is 0 Å². The maximum Gasteiger partial charge on any atom is 0.322 e. The number of carbonyl (C=O) groups is 1. The van der Waals surface area contributed by atoms with Crippen molar-refractivity contribution in [2.75, 3.05) is 38.7 Å². The summed E-state index contributed by atoms with van der Waals surface area (Å²) in [6, 6.07) is 4.49. The Balaban J connectivity index is 2.66. The molecule has 2 amide bonds. The molecule has 0 saturated carbocycles. The van der Waals surface area contributed by atoms with Gasteiger partial charge in [0.15, 0.2) is 0 Å². The summed E-state index contributed by atoms with van der Waals surface area (Å²) in [4.78, 5) is 13.4. The lowest BCUT2D eigenvalue weighted by molar-refractivity contribution is 0.142. The first-order chi connectivity index (χ1) is 9.08. The van der Waals surface area contributed by atoms with Crippen molar-refractivity contribution in [1.29, 1.82) is 0 Å². The first-order valence-corrected chi connectivity index (χ1v) is 6.45. The maximum absolute atomic E-state index is 12.0. The van der Waals surface area contributed by atoms with Gasteiger partial charge in [0, 0.05) is 25.9 Å². The monoisotopic (exact) mass is 306 g/mol. The zero-order chi connectivity index (χ0) is 14.3. The van der Waals surface area contributed by atoms with Crippen LogP contribution in [0.3, 0.4) is 0 Å². The van der Waals surface area contributed by atoms with Crippen molar-refractivity contribution in [3.63, 3.8) is 0 Å². The third kappa shape index (κ3) is 5.24. The van der Waals surface area contributed by atoms with Gasteiger partial charge in [0.2, 0.25) is 0 Å². The highest BCUT2D eigenvalue weighted by molar-refractivity contribution is 6.42. The van der Waals surface area contributed by atoms with Crippen LogP contribution in [0, 0.1) is 0 Å². The standard InChI is InChI=1S/C12H16Cl2N2O3/c1-19-7-5-16(4-6-17)12(18)15-9-2-3-10(13)11(14)8-9/h2-3,8,17H,4-7H2,1H3,(H,15,18). The third-order valence-corrected chi connectivity index (χ3v) is 3.13. The van der Waals surface area contributed by atoms with Crippen molar-refractivity contribution in [2.45, 2.75) is 0 Å². The predicted octanol–water partition coefficient (Wildman–Crippen LogP) is 2.47. The Hall–Kier alpha value is -1.01. The Bertz CT molecular complexity index is 429. The highest BCUT2D eigenvalue weighted by Gasteiger charge is 2.13. The molecule has 1 aromatic rings. The van der Waals surface area contributed by atoms with E-state index in [2.05, 4.69) is 5.32 Å². The number of rotatable bonds is 6. The van der Waals surface area contributed by atoms with E-state index in [1.807, 2.05) is 0 Å². The number of benzene rings is 1. The summed E-state index contributed by atoms with van der Waals surface area (Å²) in [6.07, 6.45) is 0. The van der Waals surface area contributed by atoms with Gasteiger partial charge in [-0.3, -0.25) is 0 Å². The maximum atomic E-state index is 12.0. The lowest BCUT2D eigenvalue weighted by Crippen LogP contribution is -2.39. The summed E-state index contributed by atoms with van der Waals surface area (Å²) in [7, 11) is 1.55. The average molecular weight is 307 g/mol. The molecule has 0 aliphatic carbocycles. The van der Waals surface area contributed by atoms with Gasteiger partial charge in [-0.15, -0.1) is 0 Å². The molecular formula is C12H16Cl2N2O3. The van der Waals surface area contributed by atoms with Gasteiger partial charge in [-0.1, -0.05) is 23.2 Å². The summed E-state index contributed by atoms with van der Waals surface area (Å²) in [5.41, 5.74) is 0.541. The van der Waals surface area contributed by atoms with E-state index in [-0.39, 0.29) is 19.2 Å². The minimum atomic E-state index is -0.329. The second-order valence-corrected chi connectivity index (χ2v) is 4.58. The Kier molecular flexibility index (Phi) is 6.94. The van der Waals surface area contributed by atoms with Crippen molar-refractivity contribution in [1.82, 2.24) is 4.90 Å². The molecule has 0 radical (unpaired) electrons. The molecule has 0 aromatic heterocycles. The molecule has 7 heteroatoms. The molecule has 0 unspecified atom stereocenters. The fraction of sp³-hybridized carbons (Fsp3) is 0.417. The molecule has 0 fully saturated rings. The van der Waals surface area contributed by atoms with Crippen molar-refractivity contribution < 1.29 is 14.6 Å². The lowest BCUT2D eigenvalue weighted by Gasteiger charge is -2.21. The predicted molar refractivity (Wildman–Crippen MR) is 76.0 cm³/mol. The molecule has 0 aliphatic rings. The number of nitrogens with zero attached hydrogens (tertiary/aromatic N) is 1. The molecule has 5 nitrogen and oxygen atoms in total. The van der Waals surface area contributed by atoms with E-state index in [1.54, 1.807) is 25.3 Å². The summed E-state index contributed by atoms with van der Waals surface area (Å²) in [5, 5.41) is 12.4. The Morgan fingerprint density at radius 2 is 2.11 bits per heavy atom. The molecule has 19 heavy (non-hydrogen) atoms. The number of hydrogen-bond donors (Lipinski definition) is 2. The Morgan fingerprint density at radius 1 is 1.37 bits per heavy atom. The van der Waals surface area contributed by atoms with Crippen LogP contribution in [0.25, 0.3) is 0 Å². The number of halogens is 2. The minimum absolute atomic E-state index is 0.113. The smallest absolute Gasteiger partial charge is 0.322 e. The van der Waals surface area contributed by atoms with E-state index in [0.29, 0.717) is 28.9 Å². The highest BCUT2D eigenvalue weighted by Crippen LogP contribution is 2.25. The molecule has 0 bridgehead atoms. The number of amides is 2. The third-order valence-electron chi connectivity index (χ3n) is 2.39. The minimum Gasteiger partial charge on any atom is -0.395 e. The van der Waals surface area contributed by atoms with Gasteiger partial charge < -0.3 is 20.1 Å². The van der Waals surface area contributed by atoms with Crippen LogP contribution in [0.5, 0.6) is 0 Å². The molecule has 0 saturated heterocycles. The number of aliphatic hydroxyl groups is 1. The molecule has 2 N–H and O–H groups in total. The van der Waals surface area contributed by atoms with E-state index in [1.165, 1.54) is 4.90 Å². The summed E-state index contributed by atoms with van der Waals surface area (Å²) in [6.45, 7) is 0.911. The lowest BCUT2D eigenvalue weighted by atomic mass is 10.3. The first kappa shape index (κ1) is 16.0. The number of aliphatic hydroxyl groups excluding tert-OH is 1. The van der Waals surface area contributed by atoms with Gasteiger partial charge in [-0.05, 0) is 18.2 Å². The fourth-order valence-electron chi connectivity index (χ4n) is 1.41. The van der Waals surface area contributed by atoms with Crippen molar-refractivity contribution in [3.05, 3.63) is 28.2 Å². The van der Waals surface area contributed by atoms with Crippen LogP contribution in [0.2, 0.25) is 10.0 Å². The molecule has 0 atom stereocenters. The van der Waals surface area contributed by atoms with E-state index in [9.17, 15) is 4.79 Å². The molecule has 106 valence electrons. The normalized spacial score (nSPS) is 10.3. The highest BCUT2D eigenvalue weighted by atomic mass is 35.5. The van der Waals surface area contributed by atoms with Crippen LogP contribution in [-0.2, 0) is 4.74 Å². The average Bonchev–Trinajstić information content (AvgIpc) is 2.38. The van der Waals surface area contributed by atoms with E-state index in [4.69, 9.17) is 33.0 Å². The number of carbonyl (C=O) groups excluding carboxylic acids is 1. The van der Waals surface area contributed by atoms with Crippen LogP contribution in [-0.4, -0.2) is 49.5 Å². The SMILES string of the molecule is COCCN(CCO)C(=O)Nc1ccc(Cl)c(Cl)c1. The van der Waals surface area contributed by atoms with Crippen LogP contribution in [0.4, 0.5) is 10.5 Å². The zero-order valence-electron chi connectivity index (χ0n) is 10.5. The number of ether oxygens (including phenoxy) is 1. The number of nitrogens with one attached hydrogen (secondary N) is 1. The number of urea groups is 1. The van der Waals surface area contributed by atoms with Crippen molar-refractivity contribution in [3.8, 4) is 0 Å².